The van der Waals surface area contributed by atoms with Crippen molar-refractivity contribution in [3.8, 4) is 0 Å². The fraction of sp³-hybridized carbons (Fsp3) is 0.742. The Kier molecular flexibility index (Phi) is 24.0. The largest absolute Gasteiger partial charge is 0.412 e. The normalized spacial score (nSPS) is 19.5. The number of fused-ring (bicyclic) bond motifs is 1. The van der Waals surface area contributed by atoms with Gasteiger partial charge in [0.25, 0.3) is 11.8 Å². The summed E-state index contributed by atoms with van der Waals surface area (Å²) in [4.78, 5) is 37.7. The van der Waals surface area contributed by atoms with Gasteiger partial charge in [-0.3, -0.25) is 26.2 Å². The molecule has 4 aliphatic rings. The Morgan fingerprint density at radius 2 is 1.02 bits per heavy atom. The van der Waals surface area contributed by atoms with E-state index in [2.05, 4.69) is 62.6 Å². The third-order valence-electron chi connectivity index (χ3n) is 7.95. The van der Waals surface area contributed by atoms with Crippen LogP contribution in [-0.4, -0.2) is 173 Å². The summed E-state index contributed by atoms with van der Waals surface area (Å²) < 4.78 is 0. The summed E-state index contributed by atoms with van der Waals surface area (Å²) in [5, 5.41) is 3.27. The smallest absolute Gasteiger partial charge is 0.261 e. The summed E-state index contributed by atoms with van der Waals surface area (Å²) >= 11 is 0. The number of nitrogens with one attached hydrogen (secondary N) is 1. The molecule has 13 nitrogen and oxygen atoms in total. The number of amides is 2. The predicted octanol–water partition coefficient (Wildman–Crippen LogP) is -0.956. The van der Waals surface area contributed by atoms with E-state index < -0.39 is 0 Å². The second kappa shape index (κ2) is 25.2. The van der Waals surface area contributed by atoms with Crippen molar-refractivity contribution in [3.05, 3.63) is 35.4 Å². The molecule has 3 saturated heterocycles. The second-order valence-corrected chi connectivity index (χ2v) is 11.1. The van der Waals surface area contributed by atoms with Crippen LogP contribution >= 0.6 is 0 Å². The first-order valence-corrected chi connectivity index (χ1v) is 16.1. The van der Waals surface area contributed by atoms with E-state index >= 15 is 0 Å². The van der Waals surface area contributed by atoms with Gasteiger partial charge in [-0.2, -0.15) is 0 Å². The van der Waals surface area contributed by atoms with Gasteiger partial charge >= 0.3 is 0 Å². The quantitative estimate of drug-likeness (QED) is 0.167. The fourth-order valence-electron chi connectivity index (χ4n) is 5.13. The van der Waals surface area contributed by atoms with E-state index in [0.29, 0.717) is 17.7 Å². The second-order valence-electron chi connectivity index (χ2n) is 11.1. The van der Waals surface area contributed by atoms with Gasteiger partial charge in [-0.1, -0.05) is 26.0 Å². The van der Waals surface area contributed by atoms with Gasteiger partial charge in [-0.15, -0.1) is 0 Å². The Labute approximate surface area is 266 Å². The molecule has 44 heavy (non-hydrogen) atoms. The van der Waals surface area contributed by atoms with Gasteiger partial charge in [-0.25, -0.2) is 0 Å². The molecule has 1 aromatic carbocycles. The van der Waals surface area contributed by atoms with Gasteiger partial charge in [0.15, 0.2) is 0 Å². The molecule has 0 saturated carbocycles. The zero-order valence-electron chi connectivity index (χ0n) is 28.3. The number of imide groups is 1. The highest BCUT2D eigenvalue weighted by Crippen LogP contribution is 2.22. The molecule has 4 heterocycles. The lowest BCUT2D eigenvalue weighted by Gasteiger charge is -2.32. The van der Waals surface area contributed by atoms with E-state index in [0.717, 1.165) is 65.2 Å². The van der Waals surface area contributed by atoms with Crippen LogP contribution in [0.1, 0.15) is 47.4 Å². The van der Waals surface area contributed by atoms with Gasteiger partial charge < -0.3 is 41.0 Å². The van der Waals surface area contributed by atoms with Gasteiger partial charge in [0.05, 0.1) is 11.1 Å². The highest BCUT2D eigenvalue weighted by Gasteiger charge is 2.34. The molecule has 0 aliphatic carbocycles. The zero-order valence-corrected chi connectivity index (χ0v) is 28.3. The highest BCUT2D eigenvalue weighted by molar-refractivity contribution is 6.21. The van der Waals surface area contributed by atoms with Crippen molar-refractivity contribution >= 4 is 11.8 Å². The molecule has 3 fully saturated rings. The van der Waals surface area contributed by atoms with E-state index in [-0.39, 0.29) is 17.3 Å². The third kappa shape index (κ3) is 15.3. The molecular weight excluding hydrogens is 560 g/mol. The number of hydrogen-bond acceptors (Lipinski definition) is 11. The molecule has 2 amide bonds. The van der Waals surface area contributed by atoms with Crippen LogP contribution in [0, 0.1) is 0 Å². The maximum absolute atomic E-state index is 12.2. The van der Waals surface area contributed by atoms with E-state index in [1.807, 2.05) is 13.8 Å². The average molecular weight is 625 g/mol. The van der Waals surface area contributed by atoms with Crippen LogP contribution in [0.25, 0.3) is 0 Å². The number of benzene rings is 1. The molecule has 5 rings (SSSR count). The number of carbonyl (C=O) groups excluding carboxylic acids is 2. The van der Waals surface area contributed by atoms with Crippen molar-refractivity contribution in [2.75, 3.05) is 126 Å². The van der Waals surface area contributed by atoms with Crippen molar-refractivity contribution < 1.29 is 15.1 Å². The maximum Gasteiger partial charge on any atom is 0.261 e. The number of likely N-dealkylation sites (N-methyl/N-ethyl adjacent to an activating group) is 3. The minimum atomic E-state index is -0.144. The Morgan fingerprint density at radius 3 is 1.39 bits per heavy atom. The van der Waals surface area contributed by atoms with Gasteiger partial charge in [0, 0.05) is 85.1 Å². The molecule has 0 spiro atoms. The van der Waals surface area contributed by atoms with E-state index in [1.54, 1.807) is 24.3 Å². The summed E-state index contributed by atoms with van der Waals surface area (Å²) in [7, 11) is 6.47. The summed E-state index contributed by atoms with van der Waals surface area (Å²) in [5.74, 6) is 7.71. The summed E-state index contributed by atoms with van der Waals surface area (Å²) in [6.45, 7) is 21.4. The van der Waals surface area contributed by atoms with Gasteiger partial charge in [-0.05, 0) is 65.8 Å². The number of nitrogens with zero attached hydrogens (tertiary/aromatic N) is 6. The van der Waals surface area contributed by atoms with E-state index in [4.69, 9.17) is 5.73 Å². The molecular formula is C31H64N10O3. The number of hydrogen-bond donors (Lipinski definition) is 4. The van der Waals surface area contributed by atoms with Gasteiger partial charge in [0.1, 0.15) is 0 Å². The molecule has 0 atom stereocenters. The predicted molar refractivity (Wildman–Crippen MR) is 182 cm³/mol. The highest BCUT2D eigenvalue weighted by atomic mass is 16.2. The number of hydrazine groups is 1. The van der Waals surface area contributed by atoms with Crippen molar-refractivity contribution in [2.45, 2.75) is 26.7 Å². The number of nitrogens with two attached hydrogens (primary N) is 3. The Hall–Kier alpha value is -2.04. The van der Waals surface area contributed by atoms with Crippen LogP contribution in [0.15, 0.2) is 24.3 Å². The summed E-state index contributed by atoms with van der Waals surface area (Å²) in [6.07, 6.45) is 1.99. The van der Waals surface area contributed by atoms with Crippen LogP contribution in [0.3, 0.4) is 0 Å². The molecule has 0 aromatic heterocycles. The average Bonchev–Trinajstić information content (AvgIpc) is 3.29. The number of piperazine rings is 3. The topological polar surface area (TPSA) is 175 Å². The minimum absolute atomic E-state index is 0. The minimum Gasteiger partial charge on any atom is -0.412 e. The van der Waals surface area contributed by atoms with E-state index in [1.165, 1.54) is 50.7 Å². The lowest BCUT2D eigenvalue weighted by molar-refractivity contribution is 0.0643. The lowest BCUT2D eigenvalue weighted by atomic mass is 10.1. The van der Waals surface area contributed by atoms with Crippen molar-refractivity contribution in [3.63, 3.8) is 0 Å². The Bertz CT molecular complexity index is 834. The van der Waals surface area contributed by atoms with Gasteiger partial charge in [0.2, 0.25) is 0 Å². The molecule has 0 unspecified atom stereocenters. The Balaban J connectivity index is 0.000000675. The number of rotatable bonds is 7. The molecule has 13 heteroatoms. The van der Waals surface area contributed by atoms with Crippen LogP contribution in [0.2, 0.25) is 0 Å². The van der Waals surface area contributed by atoms with E-state index in [9.17, 15) is 9.59 Å². The number of carbonyl (C=O) groups is 2. The lowest BCUT2D eigenvalue weighted by Crippen LogP contribution is -2.45. The molecule has 0 radical (unpaired) electrons. The molecule has 256 valence electrons. The zero-order chi connectivity index (χ0) is 32.0. The first kappa shape index (κ1) is 42.0. The standard InChI is InChI=1S/C16H21N3O2.C8H19N3.C5H12N2.C2H6.H4N2.H2O/c1-17-9-11-18(12-10-17)7-4-8-19-15(20)13-5-2-3-6-14(13)16(19)21;1-10-5-7-11(8-6-10)4-2-3-9;1-7-4-2-6-3-5-7;2*1-2;/h2-3,5-6H,4,7-12H2,1H3;2-9H2,1H3;6H,2-5H2,1H3;1-2H3;1-2H2;1H2. The van der Waals surface area contributed by atoms with Crippen LogP contribution in [0.4, 0.5) is 0 Å². The molecule has 1 aromatic rings. The summed E-state index contributed by atoms with van der Waals surface area (Å²) in [5.41, 5.74) is 6.52. The SMILES string of the molecule is CC.CN1CCN(CCCN)CC1.CN1CCN(CCCN2C(=O)c3ccccc3C2=O)CC1.CN1CCNCC1.NN.O. The van der Waals surface area contributed by atoms with Crippen LogP contribution in [0.5, 0.6) is 0 Å². The molecule has 4 aliphatic heterocycles. The monoisotopic (exact) mass is 625 g/mol. The first-order chi connectivity index (χ1) is 20.9. The first-order valence-electron chi connectivity index (χ1n) is 16.1. The van der Waals surface area contributed by atoms with Crippen LogP contribution in [-0.2, 0) is 0 Å². The third-order valence-corrected chi connectivity index (χ3v) is 7.95. The maximum atomic E-state index is 12.2. The van der Waals surface area contributed by atoms with Crippen molar-refractivity contribution in [1.82, 2.24) is 34.7 Å². The van der Waals surface area contributed by atoms with Crippen molar-refractivity contribution in [1.29, 1.82) is 0 Å². The summed E-state index contributed by atoms with van der Waals surface area (Å²) in [6, 6.07) is 7.07. The molecule has 0 bridgehead atoms. The van der Waals surface area contributed by atoms with Crippen LogP contribution < -0.4 is 22.7 Å². The Morgan fingerprint density at radius 1 is 0.636 bits per heavy atom. The molecule has 9 N–H and O–H groups in total. The fourth-order valence-corrected chi connectivity index (χ4v) is 5.13. The van der Waals surface area contributed by atoms with Crippen molar-refractivity contribution in [2.24, 2.45) is 17.4 Å².